The molecule has 0 aliphatic rings. The van der Waals surface area contributed by atoms with Crippen LogP contribution >= 0.6 is 0 Å². The molecule has 0 saturated heterocycles. The highest BCUT2D eigenvalue weighted by Gasteiger charge is 2.10. The molecule has 1 aromatic carbocycles. The highest BCUT2D eigenvalue weighted by Crippen LogP contribution is 2.14. The van der Waals surface area contributed by atoms with Crippen LogP contribution in [-0.2, 0) is 13.2 Å². The molecule has 96 valence electrons. The lowest BCUT2D eigenvalue weighted by Gasteiger charge is -2.15. The van der Waals surface area contributed by atoms with E-state index in [1.54, 1.807) is 6.07 Å². The van der Waals surface area contributed by atoms with Gasteiger partial charge in [-0.15, -0.1) is 0 Å². The van der Waals surface area contributed by atoms with Gasteiger partial charge in [-0.1, -0.05) is 30.3 Å². The largest absolute Gasteiger partial charge is 0.462 e. The standard InChI is InChI=1S/C14H17NO3/c16-9-13-7-6-12(18-13)8-15-14(10-17)11-4-2-1-3-5-11/h1-7,14-17H,8-10H2. The Kier molecular flexibility index (Phi) is 4.52. The van der Waals surface area contributed by atoms with Gasteiger partial charge in [-0.3, -0.25) is 0 Å². The summed E-state index contributed by atoms with van der Waals surface area (Å²) in [6.07, 6.45) is 0. The second-order valence-electron chi connectivity index (χ2n) is 4.05. The first-order valence-corrected chi connectivity index (χ1v) is 5.91. The molecule has 0 aliphatic carbocycles. The van der Waals surface area contributed by atoms with E-state index in [2.05, 4.69) is 5.32 Å². The van der Waals surface area contributed by atoms with Crippen LogP contribution in [0.1, 0.15) is 23.1 Å². The normalized spacial score (nSPS) is 12.6. The Morgan fingerprint density at radius 2 is 1.72 bits per heavy atom. The molecule has 1 unspecified atom stereocenters. The molecule has 1 heterocycles. The number of benzene rings is 1. The fraction of sp³-hybridized carbons (Fsp3) is 0.286. The number of furan rings is 1. The Morgan fingerprint density at radius 3 is 2.33 bits per heavy atom. The molecular formula is C14H17NO3. The van der Waals surface area contributed by atoms with Crippen LogP contribution in [0.2, 0.25) is 0 Å². The van der Waals surface area contributed by atoms with Crippen LogP contribution in [0.4, 0.5) is 0 Å². The first-order valence-electron chi connectivity index (χ1n) is 5.91. The molecule has 0 amide bonds. The summed E-state index contributed by atoms with van der Waals surface area (Å²) in [7, 11) is 0. The summed E-state index contributed by atoms with van der Waals surface area (Å²) in [4.78, 5) is 0. The Bertz CT molecular complexity index is 467. The average Bonchev–Trinajstić information content (AvgIpc) is 2.89. The van der Waals surface area contributed by atoms with E-state index in [1.807, 2.05) is 36.4 Å². The van der Waals surface area contributed by atoms with Crippen molar-refractivity contribution in [3.05, 3.63) is 59.5 Å². The second-order valence-corrected chi connectivity index (χ2v) is 4.05. The van der Waals surface area contributed by atoms with Crippen molar-refractivity contribution in [1.82, 2.24) is 5.32 Å². The van der Waals surface area contributed by atoms with E-state index < -0.39 is 0 Å². The van der Waals surface area contributed by atoms with Gasteiger partial charge >= 0.3 is 0 Å². The van der Waals surface area contributed by atoms with Gasteiger partial charge in [0.2, 0.25) is 0 Å². The molecular weight excluding hydrogens is 230 g/mol. The van der Waals surface area contributed by atoms with Crippen LogP contribution in [0.5, 0.6) is 0 Å². The lowest BCUT2D eigenvalue weighted by Crippen LogP contribution is -2.23. The summed E-state index contributed by atoms with van der Waals surface area (Å²) in [6.45, 7) is 0.444. The fourth-order valence-electron chi connectivity index (χ4n) is 1.80. The number of nitrogens with one attached hydrogen (secondary N) is 1. The van der Waals surface area contributed by atoms with Crippen molar-refractivity contribution in [3.8, 4) is 0 Å². The van der Waals surface area contributed by atoms with Crippen LogP contribution in [-0.4, -0.2) is 16.8 Å². The number of rotatable bonds is 6. The number of hydrogen-bond donors (Lipinski definition) is 3. The summed E-state index contributed by atoms with van der Waals surface area (Å²) in [5.41, 5.74) is 1.04. The van der Waals surface area contributed by atoms with Crippen molar-refractivity contribution in [2.45, 2.75) is 19.2 Å². The summed E-state index contributed by atoms with van der Waals surface area (Å²) in [5, 5.41) is 21.5. The van der Waals surface area contributed by atoms with Crippen molar-refractivity contribution in [3.63, 3.8) is 0 Å². The van der Waals surface area contributed by atoms with E-state index in [9.17, 15) is 5.11 Å². The molecule has 0 spiro atoms. The molecule has 0 radical (unpaired) electrons. The van der Waals surface area contributed by atoms with E-state index in [0.717, 1.165) is 11.3 Å². The van der Waals surface area contributed by atoms with Crippen molar-refractivity contribution in [2.75, 3.05) is 6.61 Å². The van der Waals surface area contributed by atoms with Crippen molar-refractivity contribution in [1.29, 1.82) is 0 Å². The Balaban J connectivity index is 1.95. The van der Waals surface area contributed by atoms with Gasteiger partial charge in [-0.05, 0) is 17.7 Å². The van der Waals surface area contributed by atoms with Crippen LogP contribution < -0.4 is 5.32 Å². The van der Waals surface area contributed by atoms with Gasteiger partial charge in [0.25, 0.3) is 0 Å². The van der Waals surface area contributed by atoms with E-state index >= 15 is 0 Å². The third-order valence-electron chi connectivity index (χ3n) is 2.78. The molecule has 0 bridgehead atoms. The zero-order chi connectivity index (χ0) is 12.8. The molecule has 4 nitrogen and oxygen atoms in total. The Hall–Kier alpha value is -1.62. The van der Waals surface area contributed by atoms with E-state index in [0.29, 0.717) is 12.3 Å². The number of aliphatic hydroxyl groups is 2. The van der Waals surface area contributed by atoms with Gasteiger partial charge in [0.1, 0.15) is 18.1 Å². The van der Waals surface area contributed by atoms with E-state index in [1.165, 1.54) is 0 Å². The zero-order valence-electron chi connectivity index (χ0n) is 10.0. The van der Waals surface area contributed by atoms with Gasteiger partial charge in [0.05, 0.1) is 19.2 Å². The lowest BCUT2D eigenvalue weighted by atomic mass is 10.1. The molecule has 2 aromatic rings. The maximum atomic E-state index is 9.38. The Labute approximate surface area is 106 Å². The van der Waals surface area contributed by atoms with Crippen LogP contribution in [0.3, 0.4) is 0 Å². The van der Waals surface area contributed by atoms with Gasteiger partial charge in [0, 0.05) is 0 Å². The van der Waals surface area contributed by atoms with E-state index in [-0.39, 0.29) is 19.3 Å². The zero-order valence-corrected chi connectivity index (χ0v) is 10.0. The first-order chi connectivity index (χ1) is 8.83. The quantitative estimate of drug-likeness (QED) is 0.725. The molecule has 18 heavy (non-hydrogen) atoms. The molecule has 0 fully saturated rings. The number of hydrogen-bond acceptors (Lipinski definition) is 4. The maximum Gasteiger partial charge on any atom is 0.129 e. The smallest absolute Gasteiger partial charge is 0.129 e. The van der Waals surface area contributed by atoms with Crippen molar-refractivity contribution >= 4 is 0 Å². The monoisotopic (exact) mass is 247 g/mol. The molecule has 1 aromatic heterocycles. The highest BCUT2D eigenvalue weighted by atomic mass is 16.4. The SMILES string of the molecule is OCc1ccc(CNC(CO)c2ccccc2)o1. The number of aliphatic hydroxyl groups excluding tert-OH is 2. The summed E-state index contributed by atoms with van der Waals surface area (Å²) in [5.74, 6) is 1.29. The topological polar surface area (TPSA) is 65.6 Å². The Morgan fingerprint density at radius 1 is 1.00 bits per heavy atom. The molecule has 3 N–H and O–H groups in total. The predicted molar refractivity (Wildman–Crippen MR) is 67.7 cm³/mol. The molecule has 2 rings (SSSR count). The minimum Gasteiger partial charge on any atom is -0.462 e. The lowest BCUT2D eigenvalue weighted by molar-refractivity contribution is 0.231. The first kappa shape index (κ1) is 12.8. The second kappa shape index (κ2) is 6.35. The van der Waals surface area contributed by atoms with Crippen LogP contribution in [0, 0.1) is 0 Å². The molecule has 4 heteroatoms. The van der Waals surface area contributed by atoms with Gasteiger partial charge in [-0.2, -0.15) is 0 Å². The van der Waals surface area contributed by atoms with Crippen molar-refractivity contribution < 1.29 is 14.6 Å². The predicted octanol–water partition coefficient (Wildman–Crippen LogP) is 1.60. The fourth-order valence-corrected chi connectivity index (χ4v) is 1.80. The van der Waals surface area contributed by atoms with Crippen LogP contribution in [0.15, 0.2) is 46.9 Å². The highest BCUT2D eigenvalue weighted by molar-refractivity contribution is 5.19. The minimum absolute atomic E-state index is 0.0254. The summed E-state index contributed by atoms with van der Waals surface area (Å²) >= 11 is 0. The average molecular weight is 247 g/mol. The van der Waals surface area contributed by atoms with Crippen LogP contribution in [0.25, 0.3) is 0 Å². The van der Waals surface area contributed by atoms with E-state index in [4.69, 9.17) is 9.52 Å². The minimum atomic E-state index is -0.117. The van der Waals surface area contributed by atoms with Gasteiger partial charge in [0.15, 0.2) is 0 Å². The molecule has 0 saturated carbocycles. The maximum absolute atomic E-state index is 9.38. The summed E-state index contributed by atoms with van der Waals surface area (Å²) < 4.78 is 5.37. The third kappa shape index (κ3) is 3.20. The van der Waals surface area contributed by atoms with Gasteiger partial charge in [-0.25, -0.2) is 0 Å². The van der Waals surface area contributed by atoms with Gasteiger partial charge < -0.3 is 19.9 Å². The van der Waals surface area contributed by atoms with Crippen molar-refractivity contribution in [2.24, 2.45) is 0 Å². The molecule has 0 aliphatic heterocycles. The third-order valence-corrected chi connectivity index (χ3v) is 2.78. The summed E-state index contributed by atoms with van der Waals surface area (Å²) in [6, 6.07) is 13.2. The molecule has 1 atom stereocenters.